The number of carboxylic acids is 1. The van der Waals surface area contributed by atoms with Crippen LogP contribution < -0.4 is 20.7 Å². The Labute approximate surface area is 446 Å². The summed E-state index contributed by atoms with van der Waals surface area (Å²) in [4.78, 5) is 64.1. The number of rotatable bonds is 17. The molecule has 1 aliphatic rings. The molecule has 1 fully saturated rings. The number of halogens is 6. The molecule has 0 spiro atoms. The fourth-order valence-electron chi connectivity index (χ4n) is 6.78. The van der Waals surface area contributed by atoms with Crippen LogP contribution in [0.15, 0.2) is 73.4 Å². The summed E-state index contributed by atoms with van der Waals surface area (Å²) in [5.41, 5.74) is 1.82. The normalized spacial score (nSPS) is 13.1. The summed E-state index contributed by atoms with van der Waals surface area (Å²) in [6.45, 7) is 15.6. The molecule has 1 amide bonds. The SMILES string of the molecule is CC(C)Oc1cc(-n2nc(C(C)(C)C)oc2=O)c(Cl)cc1Cl.CCc1cccc(C)c1N(C(=O)CCl)C(C)COC.CS(=O)(=O)c1cc(C(F)(F)F)ccc1C(=O)c1cnoc1C1CC1.O=C(O)CNCP(=O)(O)O. The van der Waals surface area contributed by atoms with Gasteiger partial charge in [-0.3, -0.25) is 24.3 Å². The molecule has 0 radical (unpaired) electrons. The summed E-state index contributed by atoms with van der Waals surface area (Å²) in [5, 5.41) is 18.5. The summed E-state index contributed by atoms with van der Waals surface area (Å²) >= 11 is 18.1. The van der Waals surface area contributed by atoms with Crippen molar-refractivity contribution in [3.8, 4) is 11.4 Å². The van der Waals surface area contributed by atoms with Crippen molar-refractivity contribution in [1.29, 1.82) is 0 Å². The molecule has 414 valence electrons. The van der Waals surface area contributed by atoms with Crippen molar-refractivity contribution in [1.82, 2.24) is 20.3 Å². The summed E-state index contributed by atoms with van der Waals surface area (Å²) in [6.07, 6.45) is -0.929. The van der Waals surface area contributed by atoms with E-state index in [0.29, 0.717) is 46.9 Å². The molecule has 27 heteroatoms. The van der Waals surface area contributed by atoms with Crippen LogP contribution >= 0.6 is 42.4 Å². The molecule has 2 heterocycles. The maximum Gasteiger partial charge on any atom is 0.442 e. The lowest BCUT2D eigenvalue weighted by Gasteiger charge is -2.31. The van der Waals surface area contributed by atoms with Crippen molar-refractivity contribution in [2.24, 2.45) is 0 Å². The number of ether oxygens (including phenoxy) is 2. The molecule has 0 aliphatic heterocycles. The van der Waals surface area contributed by atoms with Crippen LogP contribution in [-0.4, -0.2) is 107 Å². The summed E-state index contributed by atoms with van der Waals surface area (Å²) in [5.74, 6) is -1.42. The number of hydrogen-bond donors (Lipinski definition) is 4. The Bertz CT molecular complexity index is 3010. The number of aryl methyl sites for hydroxylation is 2. The number of alkyl halides is 4. The highest BCUT2D eigenvalue weighted by Crippen LogP contribution is 2.43. The van der Waals surface area contributed by atoms with Crippen LogP contribution in [-0.2, 0) is 46.7 Å². The number of ketones is 1. The number of amides is 1. The second-order valence-electron chi connectivity index (χ2n) is 18.2. The smallest absolute Gasteiger partial charge is 0.442 e. The fourth-order valence-corrected chi connectivity index (χ4v) is 8.73. The zero-order valence-electron chi connectivity index (χ0n) is 42.6. The van der Waals surface area contributed by atoms with Crippen LogP contribution in [0.25, 0.3) is 5.69 Å². The topological polar surface area (TPSA) is 271 Å². The Morgan fingerprint density at radius 1 is 1.03 bits per heavy atom. The largest absolute Gasteiger partial charge is 0.489 e. The van der Waals surface area contributed by atoms with Gasteiger partial charge in [0.1, 0.15) is 11.6 Å². The van der Waals surface area contributed by atoms with E-state index in [0.717, 1.165) is 53.1 Å². The quantitative estimate of drug-likeness (QED) is 0.0383. The standard InChI is InChI=1S/C15H18Cl2N2O3.C15H22ClNO2.C15H12F3NO4S.C3H8NO5P/c1-8(2)21-12-7-11(9(16)6-10(12)17)19-14(20)22-13(18-19)15(3,4)5;1-5-13-8-6-7-11(2)15(13)17(14(18)9-16)12(3)10-19-4;1-24(21,22)12-6-9(15(16,17)18)4-5-10(12)13(20)11-7-19-23-14(11)8-2-3-8;5-3(6)1-4-2-10(7,8)9/h6-8H,1-5H3;6-8,12H,5,9-10H2,1-4H3;4-8H,2-3H2,1H3;4H,1-2H2,(H,5,6)(H2,7,8,9). The Morgan fingerprint density at radius 2 is 1.67 bits per heavy atom. The van der Waals surface area contributed by atoms with E-state index >= 15 is 0 Å². The van der Waals surface area contributed by atoms with Gasteiger partial charge in [-0.2, -0.15) is 17.9 Å². The molecule has 75 heavy (non-hydrogen) atoms. The van der Waals surface area contributed by atoms with E-state index in [4.69, 9.17) is 68.1 Å². The minimum absolute atomic E-state index is 0.0223. The first-order valence-electron chi connectivity index (χ1n) is 22.8. The van der Waals surface area contributed by atoms with Crippen molar-refractivity contribution in [3.05, 3.63) is 115 Å². The molecule has 1 unspecified atom stereocenters. The maximum absolute atomic E-state index is 12.8. The van der Waals surface area contributed by atoms with Gasteiger partial charge >= 0.3 is 25.5 Å². The van der Waals surface area contributed by atoms with Crippen LogP contribution in [0.5, 0.6) is 5.75 Å². The van der Waals surface area contributed by atoms with Gasteiger partial charge in [-0.15, -0.1) is 16.7 Å². The molecular weight excluding hydrogens is 1100 g/mol. The lowest BCUT2D eigenvalue weighted by molar-refractivity contribution is -0.138. The van der Waals surface area contributed by atoms with E-state index in [1.54, 1.807) is 18.1 Å². The number of sulfone groups is 1. The number of aromatic nitrogens is 3. The van der Waals surface area contributed by atoms with Gasteiger partial charge in [-0.05, 0) is 82.3 Å². The Hall–Kier alpha value is -5.10. The molecule has 5 aromatic rings. The van der Waals surface area contributed by atoms with Crippen LogP contribution in [0.2, 0.25) is 10.0 Å². The molecule has 0 saturated heterocycles. The highest BCUT2D eigenvalue weighted by Gasteiger charge is 2.36. The molecule has 2 aromatic heterocycles. The predicted octanol–water partition coefficient (Wildman–Crippen LogP) is 9.38. The maximum atomic E-state index is 12.8. The highest BCUT2D eigenvalue weighted by atomic mass is 35.5. The summed E-state index contributed by atoms with van der Waals surface area (Å²) in [7, 11) is -6.50. The lowest BCUT2D eigenvalue weighted by Crippen LogP contribution is -2.43. The fraction of sp³-hybridized carbons (Fsp3) is 0.458. The summed E-state index contributed by atoms with van der Waals surface area (Å²) < 4.78 is 94.5. The van der Waals surface area contributed by atoms with Gasteiger partial charge in [-0.25, -0.2) is 13.2 Å². The van der Waals surface area contributed by atoms with Gasteiger partial charge < -0.3 is 38.2 Å². The molecule has 1 aliphatic carbocycles. The third-order valence-electron chi connectivity index (χ3n) is 10.3. The minimum Gasteiger partial charge on any atom is -0.489 e. The second-order valence-corrected chi connectivity index (χ2v) is 22.9. The number of nitrogens with one attached hydrogen (secondary N) is 1. The van der Waals surface area contributed by atoms with Gasteiger partial charge in [0.05, 0.1) is 75.2 Å². The number of carboxylic acid groups (broad SMARTS) is 1. The van der Waals surface area contributed by atoms with Crippen molar-refractivity contribution >= 4 is 75.6 Å². The number of carbonyl (C=O) groups is 3. The van der Waals surface area contributed by atoms with Gasteiger partial charge in [0.25, 0.3) is 0 Å². The number of hydrogen-bond acceptors (Lipinski definition) is 14. The van der Waals surface area contributed by atoms with Gasteiger partial charge in [-0.1, -0.05) is 74.3 Å². The van der Waals surface area contributed by atoms with Crippen molar-refractivity contribution in [2.45, 2.75) is 109 Å². The molecule has 19 nitrogen and oxygen atoms in total. The van der Waals surface area contributed by atoms with Crippen LogP contribution in [0.4, 0.5) is 18.9 Å². The number of para-hydroxylation sites is 1. The van der Waals surface area contributed by atoms with Gasteiger partial charge in [0, 0.05) is 36.3 Å². The van der Waals surface area contributed by atoms with Crippen molar-refractivity contribution < 1.29 is 73.8 Å². The van der Waals surface area contributed by atoms with E-state index in [2.05, 4.69) is 28.6 Å². The minimum atomic E-state index is -4.71. The molecule has 1 atom stereocenters. The Kier molecular flexibility index (Phi) is 23.4. The molecule has 4 N–H and O–H groups in total. The van der Waals surface area contributed by atoms with E-state index in [1.807, 2.05) is 60.6 Å². The zero-order valence-corrected chi connectivity index (χ0v) is 46.6. The number of carbonyl (C=O) groups excluding carboxylic acids is 2. The van der Waals surface area contributed by atoms with Crippen LogP contribution in [0.1, 0.15) is 111 Å². The van der Waals surface area contributed by atoms with Crippen molar-refractivity contribution in [3.63, 3.8) is 0 Å². The van der Waals surface area contributed by atoms with E-state index in [9.17, 15) is 45.3 Å². The van der Waals surface area contributed by atoms with E-state index in [1.165, 1.54) is 12.3 Å². The van der Waals surface area contributed by atoms with Crippen molar-refractivity contribution in [2.75, 3.05) is 43.6 Å². The molecular formula is C48H60Cl3F3N5O14PS. The summed E-state index contributed by atoms with van der Waals surface area (Å²) in [6, 6.07) is 11.2. The molecule has 3 aromatic carbocycles. The third-order valence-corrected chi connectivity index (χ3v) is 12.9. The van der Waals surface area contributed by atoms with Gasteiger partial charge in [0.15, 0.2) is 21.4 Å². The average Bonchev–Trinajstić information content (AvgIpc) is 3.88. The number of aliphatic carboxylic acids is 1. The molecule has 1 saturated carbocycles. The van der Waals surface area contributed by atoms with E-state index in [-0.39, 0.29) is 51.4 Å². The second kappa shape index (κ2) is 27.3. The average molecular weight is 1160 g/mol. The first-order valence-corrected chi connectivity index (χ1v) is 27.7. The van der Waals surface area contributed by atoms with Crippen LogP contribution in [0, 0.1) is 6.92 Å². The number of nitrogens with zero attached hydrogens (tertiary/aromatic N) is 4. The zero-order chi connectivity index (χ0) is 57.0. The highest BCUT2D eigenvalue weighted by molar-refractivity contribution is 7.90. The predicted molar refractivity (Wildman–Crippen MR) is 276 cm³/mol. The van der Waals surface area contributed by atoms with Gasteiger partial charge in [0.2, 0.25) is 11.8 Å². The van der Waals surface area contributed by atoms with Crippen LogP contribution in [0.3, 0.4) is 0 Å². The first kappa shape index (κ1) is 64.2. The Balaban J connectivity index is 0.000000274. The first-order chi connectivity index (χ1) is 34.7. The number of methoxy groups -OCH3 is 1. The lowest BCUT2D eigenvalue weighted by atomic mass is 9.97. The third kappa shape index (κ3) is 19.1. The molecule has 6 rings (SSSR count). The monoisotopic (exact) mass is 1160 g/mol. The number of anilines is 1. The molecule has 0 bridgehead atoms. The Morgan fingerprint density at radius 3 is 2.16 bits per heavy atom. The number of benzene rings is 3. The van der Waals surface area contributed by atoms with E-state index < -0.39 is 64.4 Å².